The summed E-state index contributed by atoms with van der Waals surface area (Å²) in [5, 5.41) is 6.23. The van der Waals surface area contributed by atoms with Crippen LogP contribution in [0.2, 0.25) is 0 Å². The zero-order valence-corrected chi connectivity index (χ0v) is 20.7. The summed E-state index contributed by atoms with van der Waals surface area (Å²) in [6.45, 7) is 0. The molecule has 0 aromatic heterocycles. The van der Waals surface area contributed by atoms with Crippen LogP contribution in [-0.4, -0.2) is 11.3 Å². The fraction of sp³-hybridized carbons (Fsp3) is 0.226. The van der Waals surface area contributed by atoms with E-state index in [1.165, 1.54) is 19.3 Å². The average Bonchev–Trinajstić information content (AvgIpc) is 3.48. The van der Waals surface area contributed by atoms with Crippen LogP contribution in [0.25, 0.3) is 0 Å². The Hall–Kier alpha value is -2.26. The van der Waals surface area contributed by atoms with Crippen molar-refractivity contribution in [1.29, 1.82) is 0 Å². The van der Waals surface area contributed by atoms with Crippen LogP contribution >= 0.6 is 15.8 Å². The molecule has 0 spiro atoms. The quantitative estimate of drug-likeness (QED) is 0.289. The summed E-state index contributed by atoms with van der Waals surface area (Å²) < 4.78 is 0. The van der Waals surface area contributed by atoms with E-state index in [2.05, 4.69) is 121 Å². The fourth-order valence-corrected chi connectivity index (χ4v) is 12.7. The Morgan fingerprint density at radius 3 is 0.879 bits per heavy atom. The summed E-state index contributed by atoms with van der Waals surface area (Å²) in [5.41, 5.74) is 1.63. The van der Waals surface area contributed by atoms with Crippen LogP contribution in [0.4, 0.5) is 0 Å². The van der Waals surface area contributed by atoms with Crippen LogP contribution in [0, 0.1) is 11.8 Å². The van der Waals surface area contributed by atoms with E-state index in [0.717, 1.165) is 23.2 Å². The molecule has 0 amide bonds. The summed E-state index contributed by atoms with van der Waals surface area (Å²) in [5.74, 6) is 1.70. The minimum absolute atomic E-state index is 0.306. The van der Waals surface area contributed by atoms with E-state index >= 15 is 0 Å². The van der Waals surface area contributed by atoms with Crippen molar-refractivity contribution in [1.82, 2.24) is 0 Å². The van der Waals surface area contributed by atoms with Gasteiger partial charge in [-0.3, -0.25) is 0 Å². The van der Waals surface area contributed by atoms with Gasteiger partial charge in [-0.25, -0.2) is 0 Å². The lowest BCUT2D eigenvalue weighted by molar-refractivity contribution is 0.498. The maximum absolute atomic E-state index is 2.38. The Kier molecular flexibility index (Phi) is 6.15. The molecule has 0 heterocycles. The van der Waals surface area contributed by atoms with Crippen molar-refractivity contribution in [3.05, 3.63) is 121 Å². The van der Waals surface area contributed by atoms with E-state index in [-0.39, 0.29) is 15.8 Å². The molecule has 4 atom stereocenters. The molecule has 0 N–H and O–H groups in total. The number of fused-ring (bicyclic) bond motifs is 2. The second kappa shape index (κ2) is 9.54. The standard InChI is InChI=1S/C31H30P2/c1-5-13-26(14-6-1)32(27-15-7-2-8-16-27)30-22-25-21-24(30)23-31(25)33(28-17-9-3-10-18-28)29-19-11-4-12-20-29/h1-20,24-25,30-31H,21-23H2/t24?,25?,30-,31-/m0/s1. The molecule has 33 heavy (non-hydrogen) atoms. The van der Waals surface area contributed by atoms with Crippen LogP contribution < -0.4 is 21.2 Å². The van der Waals surface area contributed by atoms with Crippen LogP contribution in [-0.2, 0) is 0 Å². The zero-order valence-electron chi connectivity index (χ0n) is 18.9. The lowest BCUT2D eigenvalue weighted by atomic mass is 9.99. The Morgan fingerprint density at radius 1 is 0.364 bits per heavy atom. The van der Waals surface area contributed by atoms with Gasteiger partial charge in [0.15, 0.2) is 0 Å². The Balaban J connectivity index is 1.32. The van der Waals surface area contributed by atoms with Crippen molar-refractivity contribution in [3.63, 3.8) is 0 Å². The lowest BCUT2D eigenvalue weighted by Crippen LogP contribution is -2.32. The highest BCUT2D eigenvalue weighted by Gasteiger charge is 2.51. The molecule has 4 aromatic carbocycles. The van der Waals surface area contributed by atoms with Crippen LogP contribution in [0.15, 0.2) is 121 Å². The van der Waals surface area contributed by atoms with Gasteiger partial charge in [0.05, 0.1) is 0 Å². The van der Waals surface area contributed by atoms with Gasteiger partial charge >= 0.3 is 0 Å². The number of benzene rings is 4. The largest absolute Gasteiger partial charge is 0.0622 e. The molecular formula is C31H30P2. The molecule has 2 fully saturated rings. The van der Waals surface area contributed by atoms with Crippen molar-refractivity contribution in [2.75, 3.05) is 0 Å². The minimum atomic E-state index is -0.306. The highest BCUT2D eigenvalue weighted by atomic mass is 31.1. The van der Waals surface area contributed by atoms with Gasteiger partial charge in [-0.05, 0) is 79.5 Å². The van der Waals surface area contributed by atoms with Crippen molar-refractivity contribution in [3.8, 4) is 0 Å². The van der Waals surface area contributed by atoms with Gasteiger partial charge in [0.1, 0.15) is 0 Å². The first-order chi connectivity index (χ1) is 16.4. The first-order valence-electron chi connectivity index (χ1n) is 12.2. The minimum Gasteiger partial charge on any atom is -0.0622 e. The average molecular weight is 465 g/mol. The molecule has 2 heteroatoms. The fourth-order valence-electron chi connectivity index (χ4n) is 6.27. The predicted molar refractivity (Wildman–Crippen MR) is 147 cm³/mol. The van der Waals surface area contributed by atoms with Gasteiger partial charge < -0.3 is 0 Å². The van der Waals surface area contributed by atoms with E-state index in [4.69, 9.17) is 0 Å². The first kappa shape index (κ1) is 21.3. The Bertz CT molecular complexity index is 987. The van der Waals surface area contributed by atoms with E-state index in [9.17, 15) is 0 Å². The monoisotopic (exact) mass is 464 g/mol. The Labute approximate surface area is 200 Å². The second-order valence-corrected chi connectivity index (χ2v) is 14.3. The van der Waals surface area contributed by atoms with Gasteiger partial charge in [-0.1, -0.05) is 121 Å². The van der Waals surface area contributed by atoms with E-state index in [1.807, 2.05) is 0 Å². The smallest absolute Gasteiger partial charge is 0.00972 e. The van der Waals surface area contributed by atoms with Gasteiger partial charge in [0, 0.05) is 0 Å². The van der Waals surface area contributed by atoms with Gasteiger partial charge in [0.25, 0.3) is 0 Å². The summed E-state index contributed by atoms with van der Waals surface area (Å²) in [7, 11) is -0.613. The molecule has 4 aromatic rings. The molecule has 2 aliphatic rings. The van der Waals surface area contributed by atoms with E-state index < -0.39 is 0 Å². The normalized spacial score (nSPS) is 23.9. The third-order valence-electron chi connectivity index (χ3n) is 7.58. The molecular weight excluding hydrogens is 434 g/mol. The van der Waals surface area contributed by atoms with E-state index in [1.54, 1.807) is 21.2 Å². The van der Waals surface area contributed by atoms with Crippen LogP contribution in [0.3, 0.4) is 0 Å². The molecule has 0 aliphatic heterocycles. The summed E-state index contributed by atoms with van der Waals surface area (Å²) in [6, 6.07) is 45.5. The van der Waals surface area contributed by atoms with Crippen LogP contribution in [0.1, 0.15) is 19.3 Å². The molecule has 2 unspecified atom stereocenters. The van der Waals surface area contributed by atoms with Gasteiger partial charge in [-0.15, -0.1) is 0 Å². The summed E-state index contributed by atoms with van der Waals surface area (Å²) in [4.78, 5) is 0. The third kappa shape index (κ3) is 4.21. The van der Waals surface area contributed by atoms with Gasteiger partial charge in [-0.2, -0.15) is 0 Å². The molecule has 0 saturated heterocycles. The van der Waals surface area contributed by atoms with Crippen molar-refractivity contribution < 1.29 is 0 Å². The zero-order chi connectivity index (χ0) is 22.0. The first-order valence-corrected chi connectivity index (χ1v) is 15.0. The molecule has 0 radical (unpaired) electrons. The third-order valence-corrected chi connectivity index (χ3v) is 13.6. The van der Waals surface area contributed by atoms with Gasteiger partial charge in [0.2, 0.25) is 0 Å². The second-order valence-electron chi connectivity index (χ2n) is 9.44. The predicted octanol–water partition coefficient (Wildman–Crippen LogP) is 6.42. The summed E-state index contributed by atoms with van der Waals surface area (Å²) >= 11 is 0. The highest BCUT2D eigenvalue weighted by molar-refractivity contribution is 7.74. The number of hydrogen-bond acceptors (Lipinski definition) is 0. The van der Waals surface area contributed by atoms with Crippen molar-refractivity contribution in [2.24, 2.45) is 11.8 Å². The maximum atomic E-state index is 2.38. The maximum Gasteiger partial charge on any atom is -0.00972 e. The number of rotatable bonds is 6. The highest BCUT2D eigenvalue weighted by Crippen LogP contribution is 2.64. The molecule has 2 bridgehead atoms. The Morgan fingerprint density at radius 2 is 0.636 bits per heavy atom. The molecule has 0 nitrogen and oxygen atoms in total. The van der Waals surface area contributed by atoms with Crippen LogP contribution in [0.5, 0.6) is 0 Å². The lowest BCUT2D eigenvalue weighted by Gasteiger charge is -2.38. The molecule has 164 valence electrons. The SMILES string of the molecule is c1ccc(P(c2ccccc2)[C@H]2CC3CC2C[C@@H]3P(c2ccccc2)c2ccccc2)cc1. The van der Waals surface area contributed by atoms with Crippen molar-refractivity contribution >= 4 is 37.1 Å². The van der Waals surface area contributed by atoms with Crippen molar-refractivity contribution in [2.45, 2.75) is 30.6 Å². The molecule has 6 rings (SSSR count). The molecule has 2 saturated carbocycles. The number of hydrogen-bond donors (Lipinski definition) is 0. The summed E-state index contributed by atoms with van der Waals surface area (Å²) in [6.07, 6.45) is 4.21. The topological polar surface area (TPSA) is 0 Å². The molecule has 2 aliphatic carbocycles. The van der Waals surface area contributed by atoms with E-state index in [0.29, 0.717) is 0 Å².